The van der Waals surface area contributed by atoms with Gasteiger partial charge in [0, 0.05) is 18.8 Å². The van der Waals surface area contributed by atoms with Crippen LogP contribution in [0.4, 0.5) is 5.69 Å². The molecule has 6 nitrogen and oxygen atoms in total. The Balaban J connectivity index is 1.90. The number of nitrogens with two attached hydrogens (primary N) is 1. The molecule has 1 aromatic heterocycles. The molecule has 1 amide bonds. The minimum absolute atomic E-state index is 0.131. The summed E-state index contributed by atoms with van der Waals surface area (Å²) < 4.78 is 1.54. The standard InChI is InChI=1S/C10H17N5O/c1-14-3-2-8(5-14)13-9-4-12-15(6-9)7-10(11)16/h4,6,8,13H,2-3,5,7H2,1H3,(H2,11,16). The number of hydrogen-bond donors (Lipinski definition) is 2. The molecule has 0 aliphatic carbocycles. The van der Waals surface area contributed by atoms with Crippen LogP contribution in [0.25, 0.3) is 0 Å². The molecular formula is C10H17N5O. The predicted molar refractivity (Wildman–Crippen MR) is 60.9 cm³/mol. The fourth-order valence-corrected chi connectivity index (χ4v) is 1.97. The Bertz CT molecular complexity index is 375. The van der Waals surface area contributed by atoms with E-state index in [1.54, 1.807) is 10.9 Å². The number of primary amides is 1. The summed E-state index contributed by atoms with van der Waals surface area (Å²) in [5, 5.41) is 7.44. The molecule has 1 unspecified atom stereocenters. The Morgan fingerprint density at radius 1 is 1.75 bits per heavy atom. The summed E-state index contributed by atoms with van der Waals surface area (Å²) in [6.45, 7) is 2.29. The molecular weight excluding hydrogens is 206 g/mol. The van der Waals surface area contributed by atoms with Gasteiger partial charge >= 0.3 is 0 Å². The highest BCUT2D eigenvalue weighted by atomic mass is 16.1. The van der Waals surface area contributed by atoms with Gasteiger partial charge in [-0.3, -0.25) is 9.48 Å². The summed E-state index contributed by atoms with van der Waals surface area (Å²) in [5.41, 5.74) is 6.03. The maximum absolute atomic E-state index is 10.7. The summed E-state index contributed by atoms with van der Waals surface area (Å²) in [6, 6.07) is 0.469. The van der Waals surface area contributed by atoms with Crippen molar-refractivity contribution in [2.75, 3.05) is 25.5 Å². The number of carbonyl (C=O) groups is 1. The van der Waals surface area contributed by atoms with Gasteiger partial charge in [-0.25, -0.2) is 0 Å². The fraction of sp³-hybridized carbons (Fsp3) is 0.600. The van der Waals surface area contributed by atoms with Crippen LogP contribution in [0.15, 0.2) is 12.4 Å². The minimum atomic E-state index is -0.379. The average molecular weight is 223 g/mol. The van der Waals surface area contributed by atoms with Crippen LogP contribution in [0.1, 0.15) is 6.42 Å². The highest BCUT2D eigenvalue weighted by Crippen LogP contribution is 2.13. The fourth-order valence-electron chi connectivity index (χ4n) is 1.97. The van der Waals surface area contributed by atoms with Crippen LogP contribution in [0.3, 0.4) is 0 Å². The van der Waals surface area contributed by atoms with Crippen molar-refractivity contribution in [3.05, 3.63) is 12.4 Å². The molecule has 1 aliphatic heterocycles. The van der Waals surface area contributed by atoms with Gasteiger partial charge in [-0.05, 0) is 20.0 Å². The Morgan fingerprint density at radius 2 is 2.56 bits per heavy atom. The molecule has 3 N–H and O–H groups in total. The van der Waals surface area contributed by atoms with Crippen LogP contribution in [0, 0.1) is 0 Å². The molecule has 0 bridgehead atoms. The molecule has 1 aromatic rings. The number of likely N-dealkylation sites (tertiary alicyclic amines) is 1. The SMILES string of the molecule is CN1CCC(Nc2cnn(CC(N)=O)c2)C1. The topological polar surface area (TPSA) is 76.2 Å². The van der Waals surface area contributed by atoms with E-state index in [2.05, 4.69) is 22.4 Å². The van der Waals surface area contributed by atoms with Crippen molar-refractivity contribution in [2.45, 2.75) is 19.0 Å². The number of nitrogens with one attached hydrogen (secondary N) is 1. The maximum atomic E-state index is 10.7. The molecule has 88 valence electrons. The third-order valence-corrected chi connectivity index (χ3v) is 2.71. The first-order valence-electron chi connectivity index (χ1n) is 5.39. The summed E-state index contributed by atoms with van der Waals surface area (Å²) in [4.78, 5) is 13.0. The Hall–Kier alpha value is -1.56. The molecule has 1 saturated heterocycles. The number of nitrogens with zero attached hydrogens (tertiary/aromatic N) is 3. The van der Waals surface area contributed by atoms with E-state index in [0.717, 1.165) is 25.2 Å². The van der Waals surface area contributed by atoms with E-state index in [9.17, 15) is 4.79 Å². The molecule has 1 aliphatic rings. The first kappa shape index (κ1) is 10.9. The van der Waals surface area contributed by atoms with Gasteiger partial charge in [0.1, 0.15) is 6.54 Å². The number of likely N-dealkylation sites (N-methyl/N-ethyl adjacent to an activating group) is 1. The van der Waals surface area contributed by atoms with Gasteiger partial charge < -0.3 is 16.0 Å². The van der Waals surface area contributed by atoms with E-state index >= 15 is 0 Å². The zero-order chi connectivity index (χ0) is 11.5. The average Bonchev–Trinajstić information content (AvgIpc) is 2.76. The van der Waals surface area contributed by atoms with Crippen molar-refractivity contribution < 1.29 is 4.79 Å². The maximum Gasteiger partial charge on any atom is 0.239 e. The van der Waals surface area contributed by atoms with Crippen LogP contribution < -0.4 is 11.1 Å². The van der Waals surface area contributed by atoms with Gasteiger partial charge in [0.05, 0.1) is 11.9 Å². The third-order valence-electron chi connectivity index (χ3n) is 2.71. The number of amides is 1. The van der Waals surface area contributed by atoms with E-state index in [4.69, 9.17) is 5.73 Å². The summed E-state index contributed by atoms with van der Waals surface area (Å²) in [5.74, 6) is -0.379. The van der Waals surface area contributed by atoms with E-state index in [0.29, 0.717) is 6.04 Å². The smallest absolute Gasteiger partial charge is 0.239 e. The second-order valence-electron chi connectivity index (χ2n) is 4.29. The van der Waals surface area contributed by atoms with Crippen molar-refractivity contribution in [3.8, 4) is 0 Å². The second-order valence-corrected chi connectivity index (χ2v) is 4.29. The third kappa shape index (κ3) is 2.73. The highest BCUT2D eigenvalue weighted by Gasteiger charge is 2.19. The van der Waals surface area contributed by atoms with Gasteiger partial charge in [0.15, 0.2) is 0 Å². The first-order chi connectivity index (χ1) is 7.63. The normalized spacial score (nSPS) is 21.2. The molecule has 0 saturated carbocycles. The van der Waals surface area contributed by atoms with Crippen LogP contribution >= 0.6 is 0 Å². The van der Waals surface area contributed by atoms with Crippen LogP contribution in [0.2, 0.25) is 0 Å². The number of carbonyl (C=O) groups excluding carboxylic acids is 1. The molecule has 0 spiro atoms. The lowest BCUT2D eigenvalue weighted by molar-refractivity contribution is -0.118. The Morgan fingerprint density at radius 3 is 3.19 bits per heavy atom. The van der Waals surface area contributed by atoms with E-state index in [1.165, 1.54) is 0 Å². The van der Waals surface area contributed by atoms with Crippen LogP contribution in [0.5, 0.6) is 0 Å². The van der Waals surface area contributed by atoms with Gasteiger partial charge in [0.25, 0.3) is 0 Å². The van der Waals surface area contributed by atoms with E-state index in [1.807, 2.05) is 6.20 Å². The quantitative estimate of drug-likeness (QED) is 0.720. The summed E-state index contributed by atoms with van der Waals surface area (Å²) in [7, 11) is 2.11. The first-order valence-corrected chi connectivity index (χ1v) is 5.39. The molecule has 2 rings (SSSR count). The van der Waals surface area contributed by atoms with Crippen LogP contribution in [-0.2, 0) is 11.3 Å². The number of hydrogen-bond acceptors (Lipinski definition) is 4. The molecule has 16 heavy (non-hydrogen) atoms. The van der Waals surface area contributed by atoms with Gasteiger partial charge in [-0.15, -0.1) is 0 Å². The molecule has 1 atom stereocenters. The van der Waals surface area contributed by atoms with Gasteiger partial charge in [-0.1, -0.05) is 0 Å². The van der Waals surface area contributed by atoms with Crippen molar-refractivity contribution in [3.63, 3.8) is 0 Å². The van der Waals surface area contributed by atoms with Crippen molar-refractivity contribution >= 4 is 11.6 Å². The summed E-state index contributed by atoms with van der Waals surface area (Å²) in [6.07, 6.45) is 4.67. The summed E-state index contributed by atoms with van der Waals surface area (Å²) >= 11 is 0. The lowest BCUT2D eigenvalue weighted by Crippen LogP contribution is -2.23. The second kappa shape index (κ2) is 4.52. The Labute approximate surface area is 94.4 Å². The minimum Gasteiger partial charge on any atom is -0.378 e. The van der Waals surface area contributed by atoms with Crippen molar-refractivity contribution in [1.29, 1.82) is 0 Å². The number of rotatable bonds is 4. The zero-order valence-electron chi connectivity index (χ0n) is 9.39. The number of aromatic nitrogens is 2. The zero-order valence-corrected chi connectivity index (χ0v) is 9.39. The lowest BCUT2D eigenvalue weighted by atomic mass is 10.2. The van der Waals surface area contributed by atoms with Crippen molar-refractivity contribution in [2.24, 2.45) is 5.73 Å². The number of anilines is 1. The van der Waals surface area contributed by atoms with Gasteiger partial charge in [0.2, 0.25) is 5.91 Å². The van der Waals surface area contributed by atoms with Crippen molar-refractivity contribution in [1.82, 2.24) is 14.7 Å². The molecule has 2 heterocycles. The predicted octanol–water partition coefficient (Wildman–Crippen LogP) is -0.516. The molecule has 0 aromatic carbocycles. The Kier molecular flexibility index (Phi) is 3.09. The molecule has 1 fully saturated rings. The lowest BCUT2D eigenvalue weighted by Gasteiger charge is -2.11. The van der Waals surface area contributed by atoms with E-state index < -0.39 is 0 Å². The van der Waals surface area contributed by atoms with E-state index in [-0.39, 0.29) is 12.5 Å². The van der Waals surface area contributed by atoms with Crippen LogP contribution in [-0.4, -0.2) is 46.8 Å². The molecule has 0 radical (unpaired) electrons. The molecule has 6 heteroatoms. The largest absolute Gasteiger partial charge is 0.378 e. The monoisotopic (exact) mass is 223 g/mol. The highest BCUT2D eigenvalue weighted by molar-refractivity contribution is 5.73. The van der Waals surface area contributed by atoms with Gasteiger partial charge in [-0.2, -0.15) is 5.10 Å².